The van der Waals surface area contributed by atoms with Gasteiger partial charge in [-0.15, -0.1) is 9.78 Å². The van der Waals surface area contributed by atoms with E-state index in [9.17, 15) is 19.5 Å². The number of nitrogens with zero attached hydrogens (tertiary/aromatic N) is 7. The van der Waals surface area contributed by atoms with Crippen LogP contribution < -0.4 is 19.9 Å². The van der Waals surface area contributed by atoms with Gasteiger partial charge in [0.1, 0.15) is 11.3 Å². The Balaban J connectivity index is 1.58. The van der Waals surface area contributed by atoms with Gasteiger partial charge < -0.3 is 20.5 Å². The molecule has 0 aliphatic carbocycles. The maximum absolute atomic E-state index is 12.1. The molecule has 3 aromatic heterocycles. The second-order valence-corrected chi connectivity index (χ2v) is 11.0. The van der Waals surface area contributed by atoms with E-state index in [2.05, 4.69) is 36.4 Å². The summed E-state index contributed by atoms with van der Waals surface area (Å²) >= 11 is 16.5. The van der Waals surface area contributed by atoms with Crippen LogP contribution in [0.1, 0.15) is 44.1 Å². The van der Waals surface area contributed by atoms with Crippen LogP contribution in [0, 0.1) is 14.3 Å². The van der Waals surface area contributed by atoms with E-state index < -0.39 is 17.7 Å². The van der Waals surface area contributed by atoms with Gasteiger partial charge in [0.2, 0.25) is 12.6 Å². The van der Waals surface area contributed by atoms with Crippen LogP contribution in [0.5, 0.6) is 0 Å². The summed E-state index contributed by atoms with van der Waals surface area (Å²) in [6, 6.07) is 6.83. The SMILES string of the molecule is CC(=O)Nc1ccc(-[n+]2n[nH]n(C[n+]3c(C(=O)O)[nH]n(Cn4c(CNC(=O)OC(C)(C)C)n[nH]c4=S)c3=S)c2=S)cc1. The summed E-state index contributed by atoms with van der Waals surface area (Å²) in [5.41, 5.74) is 0.538. The molecule has 0 aliphatic rings. The zero-order valence-electron chi connectivity index (χ0n) is 22.9. The van der Waals surface area contributed by atoms with Crippen LogP contribution in [-0.4, -0.2) is 68.3 Å². The summed E-state index contributed by atoms with van der Waals surface area (Å²) in [6.45, 7) is 6.47. The summed E-state index contributed by atoms with van der Waals surface area (Å²) in [4.78, 5) is 35.5. The predicted octanol–water partition coefficient (Wildman–Crippen LogP) is 1.31. The van der Waals surface area contributed by atoms with Gasteiger partial charge in [0, 0.05) is 24.8 Å². The zero-order chi connectivity index (χ0) is 30.8. The number of benzene rings is 1. The number of hydrogen-bond donors (Lipinski definition) is 6. The van der Waals surface area contributed by atoms with Crippen LogP contribution in [0.3, 0.4) is 0 Å². The van der Waals surface area contributed by atoms with Gasteiger partial charge in [-0.2, -0.15) is 9.67 Å². The fourth-order valence-electron chi connectivity index (χ4n) is 3.70. The molecule has 0 bridgehead atoms. The molecule has 0 fully saturated rings. The molecule has 42 heavy (non-hydrogen) atoms. The third-order valence-electron chi connectivity index (χ3n) is 5.48. The minimum Gasteiger partial charge on any atom is -0.473 e. The van der Waals surface area contributed by atoms with Crippen molar-refractivity contribution in [1.29, 1.82) is 0 Å². The molecule has 0 atom stereocenters. The monoisotopic (exact) mass is 636 g/mol. The summed E-state index contributed by atoms with van der Waals surface area (Å²) < 4.78 is 12.9. The molecule has 0 unspecified atom stereocenters. The molecule has 222 valence electrons. The number of carbonyl (C=O) groups excluding carboxylic acids is 2. The van der Waals surface area contributed by atoms with Gasteiger partial charge in [-0.05, 0) is 69.5 Å². The fourth-order valence-corrected chi connectivity index (χ4v) is 4.40. The number of carboxylic acids is 1. The van der Waals surface area contributed by atoms with Crippen molar-refractivity contribution < 1.29 is 33.5 Å². The maximum Gasteiger partial charge on any atom is 0.408 e. The Hall–Kier alpha value is -4.56. The lowest BCUT2D eigenvalue weighted by Gasteiger charge is -2.19. The maximum atomic E-state index is 12.1. The average molecular weight is 637 g/mol. The van der Waals surface area contributed by atoms with E-state index in [1.54, 1.807) is 45.0 Å². The number of alkyl carbamates (subject to hydrolysis) is 1. The van der Waals surface area contributed by atoms with Gasteiger partial charge in [0.15, 0.2) is 17.3 Å². The number of amides is 2. The standard InChI is InChI=1S/C22H26N12O5S3/c1-12(35)24-13-5-7-14(8-6-13)34-21(42)33(28-29-34)11-31-16(17(36)37)27-32(20(31)41)10-30-15(25-26-18(30)40)9-23-19(38)39-22(2,3)4/h5-8H,9-11H2,1-4H3,(H4,23,24,26,35,36,37,38,40)/p+2. The average Bonchev–Trinajstić information content (AvgIpc) is 3.54. The first-order chi connectivity index (χ1) is 19.7. The molecule has 2 amide bonds. The number of aromatic carboxylic acids is 1. The van der Waals surface area contributed by atoms with Gasteiger partial charge in [0.25, 0.3) is 0 Å². The first kappa shape index (κ1) is 30.4. The molecule has 3 heterocycles. The van der Waals surface area contributed by atoms with Crippen LogP contribution in [-0.2, 0) is 29.4 Å². The second-order valence-electron chi connectivity index (χ2n) is 9.87. The van der Waals surface area contributed by atoms with E-state index in [0.717, 1.165) is 0 Å². The normalized spacial score (nSPS) is 11.3. The van der Waals surface area contributed by atoms with Crippen LogP contribution in [0.2, 0.25) is 0 Å². The Morgan fingerprint density at radius 3 is 2.40 bits per heavy atom. The van der Waals surface area contributed by atoms with Crippen LogP contribution >= 0.6 is 36.7 Å². The third-order valence-corrected chi connectivity index (χ3v) is 6.62. The minimum atomic E-state index is -1.27. The van der Waals surface area contributed by atoms with Crippen molar-refractivity contribution in [3.63, 3.8) is 0 Å². The summed E-state index contributed by atoms with van der Waals surface area (Å²) in [5, 5.41) is 31.7. The fraction of sp³-hybridized carbons (Fsp3) is 0.364. The van der Waals surface area contributed by atoms with Crippen molar-refractivity contribution in [2.24, 2.45) is 0 Å². The highest BCUT2D eigenvalue weighted by Crippen LogP contribution is 2.10. The van der Waals surface area contributed by atoms with Gasteiger partial charge in [-0.1, -0.05) is 14.6 Å². The lowest BCUT2D eigenvalue weighted by Crippen LogP contribution is -2.44. The molecule has 4 aromatic rings. The number of nitrogens with one attached hydrogen (secondary N) is 5. The van der Waals surface area contributed by atoms with Crippen molar-refractivity contribution in [3.05, 3.63) is 50.2 Å². The second kappa shape index (κ2) is 12.1. The van der Waals surface area contributed by atoms with E-state index in [0.29, 0.717) is 17.2 Å². The number of H-pyrrole nitrogens is 3. The third kappa shape index (κ3) is 7.01. The molecule has 0 aliphatic heterocycles. The highest BCUT2D eigenvalue weighted by atomic mass is 32.1. The number of anilines is 1. The van der Waals surface area contributed by atoms with Gasteiger partial charge in [-0.25, -0.2) is 9.59 Å². The number of aromatic nitrogens is 10. The number of ether oxygens (including phenoxy) is 1. The van der Waals surface area contributed by atoms with Crippen molar-refractivity contribution >= 4 is 60.3 Å². The van der Waals surface area contributed by atoms with Gasteiger partial charge in [-0.3, -0.25) is 14.5 Å². The molecular formula is C22H28N12O5S3+2. The molecule has 0 saturated carbocycles. The number of tetrazole rings is 1. The smallest absolute Gasteiger partial charge is 0.408 e. The zero-order valence-corrected chi connectivity index (χ0v) is 25.3. The topological polar surface area (TPSA) is 200 Å². The van der Waals surface area contributed by atoms with E-state index in [4.69, 9.17) is 41.4 Å². The Morgan fingerprint density at radius 1 is 1.10 bits per heavy atom. The number of rotatable bonds is 9. The number of aromatic amines is 3. The van der Waals surface area contributed by atoms with Crippen LogP contribution in [0.25, 0.3) is 5.69 Å². The van der Waals surface area contributed by atoms with E-state index in [1.807, 2.05) is 0 Å². The van der Waals surface area contributed by atoms with Crippen molar-refractivity contribution in [1.82, 2.24) is 45.0 Å². The summed E-state index contributed by atoms with van der Waals surface area (Å²) in [7, 11) is 0. The van der Waals surface area contributed by atoms with Gasteiger partial charge >= 0.3 is 27.4 Å². The largest absolute Gasteiger partial charge is 0.473 e. The quantitative estimate of drug-likeness (QED) is 0.115. The number of hydrogen-bond acceptors (Lipinski definition) is 9. The van der Waals surface area contributed by atoms with Crippen molar-refractivity contribution in [3.8, 4) is 5.69 Å². The molecule has 17 nitrogen and oxygen atoms in total. The summed E-state index contributed by atoms with van der Waals surface area (Å²) in [5.74, 6) is -1.34. The number of carbonyl (C=O) groups is 3. The van der Waals surface area contributed by atoms with Crippen molar-refractivity contribution in [2.45, 2.75) is 53.2 Å². The molecule has 1 aromatic carbocycles. The van der Waals surface area contributed by atoms with Crippen LogP contribution in [0.4, 0.5) is 10.5 Å². The highest BCUT2D eigenvalue weighted by Gasteiger charge is 2.28. The molecule has 0 radical (unpaired) electrons. The Kier molecular flexibility index (Phi) is 8.78. The first-order valence-electron chi connectivity index (χ1n) is 12.3. The predicted molar refractivity (Wildman–Crippen MR) is 151 cm³/mol. The minimum absolute atomic E-state index is 0.0169. The lowest BCUT2D eigenvalue weighted by molar-refractivity contribution is -0.714. The van der Waals surface area contributed by atoms with E-state index >= 15 is 0 Å². The molecule has 20 heteroatoms. The van der Waals surface area contributed by atoms with E-state index in [1.165, 1.54) is 30.1 Å². The molecule has 0 spiro atoms. The molecule has 6 N–H and O–H groups in total. The lowest BCUT2D eigenvalue weighted by atomic mass is 10.2. The highest BCUT2D eigenvalue weighted by molar-refractivity contribution is 7.71. The molecular weight excluding hydrogens is 609 g/mol. The molecule has 0 saturated heterocycles. The Bertz CT molecular complexity index is 1820. The summed E-state index contributed by atoms with van der Waals surface area (Å²) in [6.07, 6.45) is -0.636. The first-order valence-corrected chi connectivity index (χ1v) is 13.5. The van der Waals surface area contributed by atoms with Crippen molar-refractivity contribution in [2.75, 3.05) is 5.32 Å². The Morgan fingerprint density at radius 2 is 1.79 bits per heavy atom. The van der Waals surface area contributed by atoms with E-state index in [-0.39, 0.29) is 45.9 Å². The van der Waals surface area contributed by atoms with Gasteiger partial charge in [0.05, 0.1) is 11.8 Å². The van der Waals surface area contributed by atoms with Crippen LogP contribution in [0.15, 0.2) is 24.3 Å². The Labute approximate surface area is 252 Å². The molecule has 4 rings (SSSR count). The number of carboxylic acid groups (broad SMARTS) is 1.